The molecule has 0 bridgehead atoms. The molecule has 1 aromatic heterocycles. The van der Waals surface area contributed by atoms with Gasteiger partial charge >= 0.3 is 0 Å². The summed E-state index contributed by atoms with van der Waals surface area (Å²) in [6.45, 7) is 5.72. The van der Waals surface area contributed by atoms with Gasteiger partial charge in [0.2, 0.25) is 0 Å². The van der Waals surface area contributed by atoms with Crippen molar-refractivity contribution in [2.24, 2.45) is 0 Å². The van der Waals surface area contributed by atoms with Crippen LogP contribution in [0, 0.1) is 11.6 Å². The van der Waals surface area contributed by atoms with Crippen molar-refractivity contribution < 1.29 is 8.78 Å². The molecule has 1 aromatic carbocycles. The van der Waals surface area contributed by atoms with Crippen LogP contribution in [0.5, 0.6) is 0 Å². The van der Waals surface area contributed by atoms with E-state index in [1.165, 1.54) is 12.1 Å². The van der Waals surface area contributed by atoms with Gasteiger partial charge in [-0.1, -0.05) is 13.8 Å². The predicted molar refractivity (Wildman–Crippen MR) is 79.0 cm³/mol. The van der Waals surface area contributed by atoms with E-state index in [4.69, 9.17) is 0 Å². The Hall–Kier alpha value is -1.75. The van der Waals surface area contributed by atoms with Crippen molar-refractivity contribution in [3.8, 4) is 0 Å². The summed E-state index contributed by atoms with van der Waals surface area (Å²) in [6, 6.07) is 5.61. The van der Waals surface area contributed by atoms with Crippen molar-refractivity contribution in [1.82, 2.24) is 15.1 Å². The number of rotatable bonds is 7. The Labute approximate surface area is 124 Å². The molecule has 114 valence electrons. The zero-order valence-electron chi connectivity index (χ0n) is 12.4. The minimum absolute atomic E-state index is 0.00903. The quantitative estimate of drug-likeness (QED) is 0.847. The van der Waals surface area contributed by atoms with Crippen LogP contribution < -0.4 is 5.32 Å². The molecule has 0 amide bonds. The minimum Gasteiger partial charge on any atom is -0.309 e. The Bertz CT molecular complexity index is 560. The molecule has 2 aromatic rings. The smallest absolute Gasteiger partial charge is 0.126 e. The van der Waals surface area contributed by atoms with Gasteiger partial charge in [0, 0.05) is 18.8 Å². The Kier molecular flexibility index (Phi) is 5.44. The topological polar surface area (TPSA) is 29.9 Å². The maximum absolute atomic E-state index is 13.3. The number of nitrogens with zero attached hydrogens (tertiary/aromatic N) is 2. The fraction of sp³-hybridized carbons (Fsp3) is 0.438. The molecule has 0 fully saturated rings. The van der Waals surface area contributed by atoms with E-state index < -0.39 is 11.6 Å². The van der Waals surface area contributed by atoms with Crippen LogP contribution in [0.25, 0.3) is 0 Å². The van der Waals surface area contributed by atoms with Crippen LogP contribution in [0.3, 0.4) is 0 Å². The molecule has 1 N–H and O–H groups in total. The first-order chi connectivity index (χ1) is 10.1. The van der Waals surface area contributed by atoms with Crippen LogP contribution >= 0.6 is 0 Å². The van der Waals surface area contributed by atoms with E-state index in [-0.39, 0.29) is 6.04 Å². The number of hydrogen-bond acceptors (Lipinski definition) is 2. The third kappa shape index (κ3) is 4.11. The predicted octanol–water partition coefficient (Wildman–Crippen LogP) is 3.46. The molecule has 1 atom stereocenters. The van der Waals surface area contributed by atoms with E-state index in [1.807, 2.05) is 17.7 Å². The number of aryl methyl sites for hydroxylation is 1. The third-order valence-corrected chi connectivity index (χ3v) is 3.35. The Balaban J connectivity index is 2.24. The minimum atomic E-state index is -0.540. The standard InChI is InChI=1S/C16H21F2N3/c1-3-7-21-16(5-6-20-21)15(19-4-2)10-12-8-13(17)11-14(18)9-12/h5-6,8-9,11,15,19H,3-4,7,10H2,1-2H3. The zero-order chi connectivity index (χ0) is 15.2. The second-order valence-electron chi connectivity index (χ2n) is 5.07. The van der Waals surface area contributed by atoms with E-state index in [0.717, 1.165) is 31.3 Å². The Morgan fingerprint density at radius 2 is 1.90 bits per heavy atom. The van der Waals surface area contributed by atoms with Crippen LogP contribution in [-0.4, -0.2) is 16.3 Å². The monoisotopic (exact) mass is 293 g/mol. The molecule has 0 saturated carbocycles. The number of likely N-dealkylation sites (N-methyl/N-ethyl adjacent to an activating group) is 1. The SMILES string of the molecule is CCCn1nccc1C(Cc1cc(F)cc(F)c1)NCC. The van der Waals surface area contributed by atoms with Gasteiger partial charge in [0.25, 0.3) is 0 Å². The summed E-state index contributed by atoms with van der Waals surface area (Å²) < 4.78 is 28.6. The molecule has 5 heteroatoms. The lowest BCUT2D eigenvalue weighted by molar-refractivity contribution is 0.476. The molecule has 1 heterocycles. The highest BCUT2D eigenvalue weighted by Gasteiger charge is 2.16. The molecule has 0 aliphatic heterocycles. The molecule has 3 nitrogen and oxygen atoms in total. The van der Waals surface area contributed by atoms with E-state index in [0.29, 0.717) is 12.0 Å². The molecule has 2 rings (SSSR count). The van der Waals surface area contributed by atoms with E-state index in [2.05, 4.69) is 17.3 Å². The first-order valence-corrected chi connectivity index (χ1v) is 7.34. The van der Waals surface area contributed by atoms with Gasteiger partial charge in [0.15, 0.2) is 0 Å². The maximum Gasteiger partial charge on any atom is 0.126 e. The van der Waals surface area contributed by atoms with Gasteiger partial charge in [0.1, 0.15) is 11.6 Å². The van der Waals surface area contributed by atoms with Gasteiger partial charge in [-0.25, -0.2) is 8.78 Å². The average Bonchev–Trinajstić information content (AvgIpc) is 2.86. The van der Waals surface area contributed by atoms with Crippen molar-refractivity contribution in [2.75, 3.05) is 6.54 Å². The molecule has 0 aliphatic carbocycles. The van der Waals surface area contributed by atoms with Crippen molar-refractivity contribution in [2.45, 2.75) is 39.3 Å². The lowest BCUT2D eigenvalue weighted by Gasteiger charge is -2.19. The van der Waals surface area contributed by atoms with Crippen LogP contribution in [0.15, 0.2) is 30.5 Å². The second-order valence-corrected chi connectivity index (χ2v) is 5.07. The highest BCUT2D eigenvalue weighted by molar-refractivity contribution is 5.21. The highest BCUT2D eigenvalue weighted by atomic mass is 19.1. The maximum atomic E-state index is 13.3. The fourth-order valence-corrected chi connectivity index (χ4v) is 2.53. The molecule has 0 spiro atoms. The van der Waals surface area contributed by atoms with Gasteiger partial charge in [-0.15, -0.1) is 0 Å². The Morgan fingerprint density at radius 3 is 2.52 bits per heavy atom. The lowest BCUT2D eigenvalue weighted by atomic mass is 10.0. The van der Waals surface area contributed by atoms with Crippen LogP contribution in [0.4, 0.5) is 8.78 Å². The molecular weight excluding hydrogens is 272 g/mol. The van der Waals surface area contributed by atoms with Crippen LogP contribution in [0.1, 0.15) is 37.6 Å². The van der Waals surface area contributed by atoms with Gasteiger partial charge in [-0.2, -0.15) is 5.10 Å². The Morgan fingerprint density at radius 1 is 1.19 bits per heavy atom. The normalized spacial score (nSPS) is 12.6. The molecule has 0 aliphatic rings. The van der Waals surface area contributed by atoms with Gasteiger partial charge in [-0.3, -0.25) is 4.68 Å². The molecule has 21 heavy (non-hydrogen) atoms. The number of benzene rings is 1. The first-order valence-electron chi connectivity index (χ1n) is 7.34. The van der Waals surface area contributed by atoms with E-state index >= 15 is 0 Å². The second kappa shape index (κ2) is 7.31. The van der Waals surface area contributed by atoms with Crippen molar-refractivity contribution in [3.63, 3.8) is 0 Å². The number of aromatic nitrogens is 2. The van der Waals surface area contributed by atoms with Crippen molar-refractivity contribution in [1.29, 1.82) is 0 Å². The van der Waals surface area contributed by atoms with E-state index in [9.17, 15) is 8.78 Å². The largest absolute Gasteiger partial charge is 0.309 e. The molecule has 1 unspecified atom stereocenters. The molecule has 0 saturated heterocycles. The number of hydrogen-bond donors (Lipinski definition) is 1. The summed E-state index contributed by atoms with van der Waals surface area (Å²) in [4.78, 5) is 0. The summed E-state index contributed by atoms with van der Waals surface area (Å²) in [5.41, 5.74) is 1.69. The average molecular weight is 293 g/mol. The highest BCUT2D eigenvalue weighted by Crippen LogP contribution is 2.20. The van der Waals surface area contributed by atoms with E-state index in [1.54, 1.807) is 6.20 Å². The van der Waals surface area contributed by atoms with Gasteiger partial charge in [0.05, 0.1) is 11.7 Å². The van der Waals surface area contributed by atoms with Gasteiger partial charge < -0.3 is 5.32 Å². The first kappa shape index (κ1) is 15.6. The zero-order valence-corrected chi connectivity index (χ0v) is 12.4. The van der Waals surface area contributed by atoms with Crippen LogP contribution in [-0.2, 0) is 13.0 Å². The number of nitrogens with one attached hydrogen (secondary N) is 1. The summed E-state index contributed by atoms with van der Waals surface area (Å²) in [5, 5.41) is 7.68. The molecular formula is C16H21F2N3. The summed E-state index contributed by atoms with van der Waals surface area (Å²) in [6.07, 6.45) is 3.28. The van der Waals surface area contributed by atoms with Gasteiger partial charge in [-0.05, 0) is 43.1 Å². The third-order valence-electron chi connectivity index (χ3n) is 3.35. The van der Waals surface area contributed by atoms with Crippen molar-refractivity contribution in [3.05, 3.63) is 53.4 Å². The lowest BCUT2D eigenvalue weighted by Crippen LogP contribution is -2.26. The number of halogens is 2. The van der Waals surface area contributed by atoms with Crippen LogP contribution in [0.2, 0.25) is 0 Å². The van der Waals surface area contributed by atoms with Crippen molar-refractivity contribution >= 4 is 0 Å². The summed E-state index contributed by atoms with van der Waals surface area (Å²) >= 11 is 0. The fourth-order valence-electron chi connectivity index (χ4n) is 2.53. The summed E-state index contributed by atoms with van der Waals surface area (Å²) in [5.74, 6) is -1.08. The summed E-state index contributed by atoms with van der Waals surface area (Å²) in [7, 11) is 0. The molecule has 0 radical (unpaired) electrons.